The Morgan fingerprint density at radius 1 is 1.33 bits per heavy atom. The van der Waals surface area contributed by atoms with E-state index in [1.54, 1.807) is 27.7 Å². The lowest BCUT2D eigenvalue weighted by Gasteiger charge is -2.45. The topological polar surface area (TPSA) is 49.4 Å². The molecule has 0 aromatic rings. The molecule has 2 unspecified atom stereocenters. The highest BCUT2D eigenvalue weighted by Gasteiger charge is 2.47. The number of nitrogens with one attached hydrogen (secondary N) is 1. The lowest BCUT2D eigenvalue weighted by molar-refractivity contribution is -0.158. The zero-order chi connectivity index (χ0) is 16.4. The zero-order valence-electron chi connectivity index (χ0n) is 12.9. The van der Waals surface area contributed by atoms with Crippen molar-refractivity contribution in [1.82, 2.24) is 10.2 Å². The summed E-state index contributed by atoms with van der Waals surface area (Å²) in [4.78, 5) is 26.0. The number of amides is 2. The van der Waals surface area contributed by atoms with Gasteiger partial charge in [0.2, 0.25) is 11.8 Å². The Labute approximate surface area is 123 Å². The normalized spacial score (nSPS) is 27.2. The van der Waals surface area contributed by atoms with Crippen LogP contribution < -0.4 is 5.32 Å². The van der Waals surface area contributed by atoms with Gasteiger partial charge in [-0.25, -0.2) is 0 Å². The first-order valence-corrected chi connectivity index (χ1v) is 7.21. The van der Waals surface area contributed by atoms with Crippen LogP contribution in [0.4, 0.5) is 13.2 Å². The second kappa shape index (κ2) is 6.23. The molecule has 2 atom stereocenters. The van der Waals surface area contributed by atoms with Gasteiger partial charge in [-0.15, -0.1) is 0 Å². The molecule has 1 N–H and O–H groups in total. The SMILES string of the molecule is CCC1(C)NC(=O)C(C(C)C)N(CCCC(F)(F)F)C1=O. The van der Waals surface area contributed by atoms with Crippen molar-refractivity contribution in [3.63, 3.8) is 0 Å². The van der Waals surface area contributed by atoms with Crippen LogP contribution in [0, 0.1) is 5.92 Å². The van der Waals surface area contributed by atoms with E-state index in [1.165, 1.54) is 4.90 Å². The molecule has 0 aliphatic carbocycles. The molecule has 2 amide bonds. The van der Waals surface area contributed by atoms with Crippen molar-refractivity contribution < 1.29 is 22.8 Å². The molecule has 1 aliphatic heterocycles. The van der Waals surface area contributed by atoms with Crippen LogP contribution in [0.2, 0.25) is 0 Å². The fraction of sp³-hybridized carbons (Fsp3) is 0.857. The Kier molecular flexibility index (Phi) is 5.28. The predicted octanol–water partition coefficient (Wildman–Crippen LogP) is 2.48. The molecule has 0 saturated carbocycles. The summed E-state index contributed by atoms with van der Waals surface area (Å²) in [5, 5.41) is 2.71. The molecular weight excluding hydrogens is 285 g/mol. The predicted molar refractivity (Wildman–Crippen MR) is 72.5 cm³/mol. The minimum absolute atomic E-state index is 0.0514. The summed E-state index contributed by atoms with van der Waals surface area (Å²) >= 11 is 0. The van der Waals surface area contributed by atoms with Gasteiger partial charge >= 0.3 is 6.18 Å². The first kappa shape index (κ1) is 17.8. The number of nitrogens with zero attached hydrogens (tertiary/aromatic N) is 1. The summed E-state index contributed by atoms with van der Waals surface area (Å²) in [6.07, 6.45) is -4.99. The van der Waals surface area contributed by atoms with E-state index in [-0.39, 0.29) is 30.7 Å². The molecule has 1 saturated heterocycles. The van der Waals surface area contributed by atoms with Gasteiger partial charge in [-0.2, -0.15) is 13.2 Å². The van der Waals surface area contributed by atoms with Crippen LogP contribution >= 0.6 is 0 Å². The second-order valence-electron chi connectivity index (χ2n) is 6.08. The molecule has 0 aromatic carbocycles. The van der Waals surface area contributed by atoms with Crippen LogP contribution in [0.25, 0.3) is 0 Å². The Morgan fingerprint density at radius 3 is 2.33 bits per heavy atom. The Morgan fingerprint density at radius 2 is 1.90 bits per heavy atom. The third-order valence-corrected chi connectivity index (χ3v) is 3.93. The van der Waals surface area contributed by atoms with Gasteiger partial charge in [-0.05, 0) is 25.7 Å². The minimum atomic E-state index is -4.25. The van der Waals surface area contributed by atoms with Gasteiger partial charge in [0.1, 0.15) is 11.6 Å². The highest BCUT2D eigenvalue weighted by Crippen LogP contribution is 2.27. The standard InChI is InChI=1S/C14H23F3N2O2/c1-5-13(4)12(21)19(8-6-7-14(15,16)17)10(9(2)3)11(20)18-13/h9-10H,5-8H2,1-4H3,(H,18,20). The van der Waals surface area contributed by atoms with Crippen molar-refractivity contribution in [3.05, 3.63) is 0 Å². The first-order valence-electron chi connectivity index (χ1n) is 7.21. The lowest BCUT2D eigenvalue weighted by Crippen LogP contribution is -2.70. The zero-order valence-corrected chi connectivity index (χ0v) is 12.9. The van der Waals surface area contributed by atoms with Gasteiger partial charge in [0.25, 0.3) is 0 Å². The molecule has 122 valence electrons. The van der Waals surface area contributed by atoms with E-state index in [9.17, 15) is 22.8 Å². The molecule has 0 bridgehead atoms. The number of carbonyl (C=O) groups excluding carboxylic acids is 2. The Balaban J connectivity index is 2.91. The van der Waals surface area contributed by atoms with E-state index in [0.717, 1.165) is 0 Å². The molecular formula is C14H23F3N2O2. The van der Waals surface area contributed by atoms with Crippen molar-refractivity contribution in [2.45, 2.75) is 64.7 Å². The number of rotatable bonds is 5. The van der Waals surface area contributed by atoms with E-state index in [0.29, 0.717) is 6.42 Å². The molecule has 1 heterocycles. The van der Waals surface area contributed by atoms with Gasteiger partial charge in [0, 0.05) is 13.0 Å². The van der Waals surface area contributed by atoms with Crippen LogP contribution in [0.5, 0.6) is 0 Å². The quantitative estimate of drug-likeness (QED) is 0.848. The van der Waals surface area contributed by atoms with Crippen LogP contribution in [0.15, 0.2) is 0 Å². The van der Waals surface area contributed by atoms with Crippen molar-refractivity contribution in [2.75, 3.05) is 6.54 Å². The van der Waals surface area contributed by atoms with Crippen molar-refractivity contribution >= 4 is 11.8 Å². The van der Waals surface area contributed by atoms with Gasteiger partial charge in [0.15, 0.2) is 0 Å². The third-order valence-electron chi connectivity index (χ3n) is 3.93. The van der Waals surface area contributed by atoms with Crippen molar-refractivity contribution in [1.29, 1.82) is 0 Å². The molecule has 4 nitrogen and oxygen atoms in total. The third kappa shape index (κ3) is 4.11. The fourth-order valence-electron chi connectivity index (χ4n) is 2.58. The minimum Gasteiger partial charge on any atom is -0.340 e. The second-order valence-corrected chi connectivity index (χ2v) is 6.08. The van der Waals surface area contributed by atoms with E-state index in [2.05, 4.69) is 5.32 Å². The molecule has 1 fully saturated rings. The Bertz CT molecular complexity index is 410. The highest BCUT2D eigenvalue weighted by molar-refractivity contribution is 5.99. The summed E-state index contributed by atoms with van der Waals surface area (Å²) in [5.74, 6) is -0.743. The number of carbonyl (C=O) groups is 2. The molecule has 0 radical (unpaired) electrons. The summed E-state index contributed by atoms with van der Waals surface area (Å²) in [7, 11) is 0. The maximum atomic E-state index is 12.5. The largest absolute Gasteiger partial charge is 0.389 e. The summed E-state index contributed by atoms with van der Waals surface area (Å²) in [6, 6.07) is -0.703. The number of halogens is 3. The van der Waals surface area contributed by atoms with Crippen LogP contribution in [0.3, 0.4) is 0 Å². The maximum absolute atomic E-state index is 12.5. The number of hydrogen-bond acceptors (Lipinski definition) is 2. The van der Waals surface area contributed by atoms with Gasteiger partial charge in [0.05, 0.1) is 0 Å². The molecule has 1 aliphatic rings. The van der Waals surface area contributed by atoms with Crippen LogP contribution in [-0.4, -0.2) is 41.0 Å². The van der Waals surface area contributed by atoms with Crippen molar-refractivity contribution in [2.24, 2.45) is 5.92 Å². The smallest absolute Gasteiger partial charge is 0.340 e. The monoisotopic (exact) mass is 308 g/mol. The summed E-state index contributed by atoms with van der Waals surface area (Å²) in [6.45, 7) is 6.89. The van der Waals surface area contributed by atoms with Crippen molar-refractivity contribution in [3.8, 4) is 0 Å². The number of alkyl halides is 3. The van der Waals surface area contributed by atoms with E-state index in [1.807, 2.05) is 0 Å². The van der Waals surface area contributed by atoms with Gasteiger partial charge in [-0.1, -0.05) is 20.8 Å². The molecule has 7 heteroatoms. The maximum Gasteiger partial charge on any atom is 0.389 e. The Hall–Kier alpha value is -1.27. The van der Waals surface area contributed by atoms with Gasteiger partial charge < -0.3 is 10.2 Å². The fourth-order valence-corrected chi connectivity index (χ4v) is 2.58. The first-order chi connectivity index (χ1) is 9.52. The number of piperazine rings is 1. The molecule has 0 spiro atoms. The summed E-state index contributed by atoms with van der Waals surface area (Å²) in [5.41, 5.74) is -1.03. The van der Waals surface area contributed by atoms with Gasteiger partial charge in [-0.3, -0.25) is 9.59 Å². The lowest BCUT2D eigenvalue weighted by atomic mass is 9.88. The van der Waals surface area contributed by atoms with E-state index < -0.39 is 24.2 Å². The highest BCUT2D eigenvalue weighted by atomic mass is 19.4. The average Bonchev–Trinajstić information content (AvgIpc) is 2.33. The summed E-state index contributed by atoms with van der Waals surface area (Å²) < 4.78 is 36.8. The van der Waals surface area contributed by atoms with Crippen LogP contribution in [0.1, 0.15) is 47.0 Å². The molecule has 1 rings (SSSR count). The van der Waals surface area contributed by atoms with E-state index in [4.69, 9.17) is 0 Å². The average molecular weight is 308 g/mol. The molecule has 0 aromatic heterocycles. The molecule has 21 heavy (non-hydrogen) atoms. The number of hydrogen-bond donors (Lipinski definition) is 1. The van der Waals surface area contributed by atoms with E-state index >= 15 is 0 Å². The van der Waals surface area contributed by atoms with Crippen LogP contribution in [-0.2, 0) is 9.59 Å².